The van der Waals surface area contributed by atoms with Crippen LogP contribution in [0.25, 0.3) is 0 Å². The summed E-state index contributed by atoms with van der Waals surface area (Å²) in [5.41, 5.74) is -2.41. The van der Waals surface area contributed by atoms with Gasteiger partial charge in [0.05, 0.1) is 13.2 Å². The Hall–Kier alpha value is -0.530. The van der Waals surface area contributed by atoms with Gasteiger partial charge in [-0.25, -0.2) is 0 Å². The summed E-state index contributed by atoms with van der Waals surface area (Å²) in [4.78, 5) is 10.2. The predicted molar refractivity (Wildman–Crippen MR) is 37.2 cm³/mol. The van der Waals surface area contributed by atoms with Crippen LogP contribution in [-0.4, -0.2) is 62.8 Å². The van der Waals surface area contributed by atoms with Crippen LogP contribution < -0.4 is 0 Å². The van der Waals surface area contributed by atoms with E-state index in [2.05, 4.69) is 0 Å². The number of carbonyl (C=O) groups is 1. The van der Waals surface area contributed by atoms with Crippen molar-refractivity contribution in [2.24, 2.45) is 0 Å². The summed E-state index contributed by atoms with van der Waals surface area (Å²) in [5.74, 6) is 0. The van der Waals surface area contributed by atoms with Crippen molar-refractivity contribution in [3.8, 4) is 0 Å². The third-order valence-electron chi connectivity index (χ3n) is 1.52. The number of hydrogen-bond donors (Lipinski definition) is 5. The topological polar surface area (TPSA) is 118 Å². The van der Waals surface area contributed by atoms with Crippen LogP contribution in [0.3, 0.4) is 0 Å². The maximum Gasteiger partial charge on any atom is 0.171 e. The van der Waals surface area contributed by atoms with E-state index in [1.54, 1.807) is 0 Å². The standard InChI is InChI=1S/C6H12O6/c7-1-4(10)5(11)6(12,2-8)3-9/h2,4-5,7,9-12H,1,3H2/t4-,5-,6-/m1/s1. The lowest BCUT2D eigenvalue weighted by Gasteiger charge is -2.27. The summed E-state index contributed by atoms with van der Waals surface area (Å²) in [6, 6.07) is 0. The van der Waals surface area contributed by atoms with Crippen LogP contribution in [-0.2, 0) is 4.79 Å². The monoisotopic (exact) mass is 180 g/mol. The fourth-order valence-electron chi connectivity index (χ4n) is 0.634. The molecule has 0 saturated heterocycles. The molecular weight excluding hydrogens is 168 g/mol. The first-order valence-corrected chi connectivity index (χ1v) is 3.28. The highest BCUT2D eigenvalue weighted by Crippen LogP contribution is 2.10. The summed E-state index contributed by atoms with van der Waals surface area (Å²) in [5, 5.41) is 43.6. The highest BCUT2D eigenvalue weighted by atomic mass is 16.4. The molecule has 0 rings (SSSR count). The summed E-state index contributed by atoms with van der Waals surface area (Å²) in [7, 11) is 0. The molecule has 12 heavy (non-hydrogen) atoms. The van der Waals surface area contributed by atoms with Crippen molar-refractivity contribution in [1.29, 1.82) is 0 Å². The first kappa shape index (κ1) is 11.5. The molecule has 0 aromatic carbocycles. The molecule has 0 heterocycles. The second-order valence-corrected chi connectivity index (χ2v) is 2.46. The van der Waals surface area contributed by atoms with Crippen LogP contribution >= 0.6 is 0 Å². The fraction of sp³-hybridized carbons (Fsp3) is 0.833. The van der Waals surface area contributed by atoms with E-state index in [4.69, 9.17) is 25.5 Å². The van der Waals surface area contributed by atoms with Gasteiger partial charge in [0, 0.05) is 0 Å². The zero-order valence-electron chi connectivity index (χ0n) is 6.29. The van der Waals surface area contributed by atoms with Crippen LogP contribution in [0.15, 0.2) is 0 Å². The Morgan fingerprint density at radius 1 is 1.33 bits per heavy atom. The molecule has 72 valence electrons. The maximum absolute atomic E-state index is 10.2. The second-order valence-electron chi connectivity index (χ2n) is 2.46. The minimum atomic E-state index is -2.41. The van der Waals surface area contributed by atoms with E-state index in [1.807, 2.05) is 0 Å². The number of aliphatic hydroxyl groups excluding tert-OH is 4. The van der Waals surface area contributed by atoms with Crippen molar-refractivity contribution >= 4 is 6.29 Å². The molecule has 0 unspecified atom stereocenters. The van der Waals surface area contributed by atoms with Gasteiger partial charge >= 0.3 is 0 Å². The number of carbonyl (C=O) groups excluding carboxylic acids is 1. The number of aldehydes is 1. The van der Waals surface area contributed by atoms with Crippen LogP contribution in [0.4, 0.5) is 0 Å². The first-order chi connectivity index (χ1) is 5.51. The summed E-state index contributed by atoms with van der Waals surface area (Å²) in [6.07, 6.45) is -3.64. The molecule has 0 bridgehead atoms. The Labute approximate surface area is 68.7 Å². The van der Waals surface area contributed by atoms with Gasteiger partial charge in [0.25, 0.3) is 0 Å². The molecule has 0 aliphatic rings. The lowest BCUT2D eigenvalue weighted by atomic mass is 9.95. The molecule has 3 atom stereocenters. The van der Waals surface area contributed by atoms with Crippen molar-refractivity contribution in [2.45, 2.75) is 17.8 Å². The van der Waals surface area contributed by atoms with Gasteiger partial charge in [-0.05, 0) is 0 Å². The number of hydrogen-bond acceptors (Lipinski definition) is 6. The molecule has 6 nitrogen and oxygen atoms in total. The lowest BCUT2D eigenvalue weighted by molar-refractivity contribution is -0.162. The van der Waals surface area contributed by atoms with Gasteiger partial charge < -0.3 is 25.5 Å². The van der Waals surface area contributed by atoms with Gasteiger partial charge in [-0.1, -0.05) is 0 Å². The van der Waals surface area contributed by atoms with E-state index >= 15 is 0 Å². The molecule has 6 heteroatoms. The summed E-state index contributed by atoms with van der Waals surface area (Å²) < 4.78 is 0. The molecule has 5 N–H and O–H groups in total. The van der Waals surface area contributed by atoms with Crippen molar-refractivity contribution in [1.82, 2.24) is 0 Å². The third kappa shape index (κ3) is 2.23. The third-order valence-corrected chi connectivity index (χ3v) is 1.52. The van der Waals surface area contributed by atoms with Crippen LogP contribution in [0.5, 0.6) is 0 Å². The van der Waals surface area contributed by atoms with Crippen molar-refractivity contribution in [3.63, 3.8) is 0 Å². The largest absolute Gasteiger partial charge is 0.394 e. The molecular formula is C6H12O6. The molecule has 0 spiro atoms. The van der Waals surface area contributed by atoms with Gasteiger partial charge in [0.1, 0.15) is 12.2 Å². The summed E-state index contributed by atoms with van der Waals surface area (Å²) >= 11 is 0. The normalized spacial score (nSPS) is 21.1. The van der Waals surface area contributed by atoms with E-state index in [0.717, 1.165) is 0 Å². The van der Waals surface area contributed by atoms with Gasteiger partial charge in [-0.2, -0.15) is 0 Å². The Kier molecular flexibility index (Phi) is 4.29. The second kappa shape index (κ2) is 4.48. The van der Waals surface area contributed by atoms with Gasteiger partial charge in [-0.3, -0.25) is 4.79 Å². The van der Waals surface area contributed by atoms with E-state index in [1.165, 1.54) is 0 Å². The molecule has 0 radical (unpaired) electrons. The van der Waals surface area contributed by atoms with E-state index in [-0.39, 0.29) is 6.29 Å². The smallest absolute Gasteiger partial charge is 0.171 e. The van der Waals surface area contributed by atoms with Crippen LogP contribution in [0, 0.1) is 0 Å². The molecule has 0 saturated carbocycles. The molecule has 0 aliphatic heterocycles. The van der Waals surface area contributed by atoms with Crippen molar-refractivity contribution in [2.75, 3.05) is 13.2 Å². The van der Waals surface area contributed by atoms with E-state index in [0.29, 0.717) is 0 Å². The Morgan fingerprint density at radius 3 is 2.08 bits per heavy atom. The quantitative estimate of drug-likeness (QED) is 0.282. The van der Waals surface area contributed by atoms with Gasteiger partial charge in [-0.15, -0.1) is 0 Å². The van der Waals surface area contributed by atoms with Gasteiger partial charge in [0.15, 0.2) is 11.9 Å². The number of rotatable bonds is 5. The number of aliphatic hydroxyl groups is 5. The Balaban J connectivity index is 4.40. The Morgan fingerprint density at radius 2 is 1.83 bits per heavy atom. The molecule has 0 aliphatic carbocycles. The van der Waals surface area contributed by atoms with E-state index < -0.39 is 31.0 Å². The van der Waals surface area contributed by atoms with Crippen molar-refractivity contribution < 1.29 is 30.3 Å². The average Bonchev–Trinajstić information content (AvgIpc) is 2.14. The van der Waals surface area contributed by atoms with Gasteiger partial charge in [0.2, 0.25) is 0 Å². The molecule has 0 amide bonds. The minimum Gasteiger partial charge on any atom is -0.394 e. The average molecular weight is 180 g/mol. The predicted octanol–water partition coefficient (Wildman–Crippen LogP) is -3.38. The van der Waals surface area contributed by atoms with Crippen molar-refractivity contribution in [3.05, 3.63) is 0 Å². The molecule has 0 fully saturated rings. The zero-order valence-corrected chi connectivity index (χ0v) is 6.29. The van der Waals surface area contributed by atoms with Crippen LogP contribution in [0.2, 0.25) is 0 Å². The highest BCUT2D eigenvalue weighted by molar-refractivity contribution is 5.63. The van der Waals surface area contributed by atoms with E-state index in [9.17, 15) is 4.79 Å². The molecule has 0 aromatic heterocycles. The highest BCUT2D eigenvalue weighted by Gasteiger charge is 2.39. The molecule has 0 aromatic rings. The Bertz CT molecular complexity index is 149. The SMILES string of the molecule is O=C[C@@](O)(CO)[C@H](O)[C@H](O)CO. The summed E-state index contributed by atoms with van der Waals surface area (Å²) in [6.45, 7) is -1.83. The minimum absolute atomic E-state index is 0.0868. The lowest BCUT2D eigenvalue weighted by Crippen LogP contribution is -2.54. The zero-order chi connectivity index (χ0) is 9.78. The fourth-order valence-corrected chi connectivity index (χ4v) is 0.634. The van der Waals surface area contributed by atoms with Crippen LogP contribution in [0.1, 0.15) is 0 Å². The first-order valence-electron chi connectivity index (χ1n) is 3.28. The maximum atomic E-state index is 10.2.